The first kappa shape index (κ1) is 14.4. The van der Waals surface area contributed by atoms with Gasteiger partial charge in [0.1, 0.15) is 4.21 Å². The number of carbonyl (C=O) groups is 1. The molecule has 0 spiro atoms. The molecular formula is C11H15NO5S2. The summed E-state index contributed by atoms with van der Waals surface area (Å²) in [5, 5.41) is 19.2. The smallest absolute Gasteiger partial charge is 0.336 e. The largest absolute Gasteiger partial charge is 0.478 e. The molecule has 2 N–H and O–H groups in total. The van der Waals surface area contributed by atoms with Gasteiger partial charge in [-0.15, -0.1) is 11.3 Å². The molecule has 1 heterocycles. The molecule has 1 aromatic heterocycles. The van der Waals surface area contributed by atoms with Gasteiger partial charge in [0.2, 0.25) is 0 Å². The summed E-state index contributed by atoms with van der Waals surface area (Å²) < 4.78 is 26.2. The lowest BCUT2D eigenvalue weighted by atomic mass is 9.93. The standard InChI is InChI=1S/C11H15NO5S2/c13-5-4-12(9-2-1-3-9)19(16,17)10-6-8(7-18-10)11(14)15/h6-7,9,13H,1-5H2,(H,14,15). The summed E-state index contributed by atoms with van der Waals surface area (Å²) in [7, 11) is -3.71. The van der Waals surface area contributed by atoms with Gasteiger partial charge in [-0.05, 0) is 18.9 Å². The third kappa shape index (κ3) is 2.81. The Morgan fingerprint density at radius 3 is 2.58 bits per heavy atom. The average Bonchev–Trinajstić information content (AvgIpc) is 2.75. The summed E-state index contributed by atoms with van der Waals surface area (Å²) in [5.74, 6) is -1.14. The van der Waals surface area contributed by atoms with E-state index < -0.39 is 16.0 Å². The van der Waals surface area contributed by atoms with Crippen molar-refractivity contribution in [2.75, 3.05) is 13.2 Å². The van der Waals surface area contributed by atoms with Crippen LogP contribution >= 0.6 is 11.3 Å². The Balaban J connectivity index is 2.29. The zero-order valence-electron chi connectivity index (χ0n) is 10.2. The number of hydrogen-bond donors (Lipinski definition) is 2. The summed E-state index contributed by atoms with van der Waals surface area (Å²) in [5.41, 5.74) is -0.0267. The van der Waals surface area contributed by atoms with E-state index in [0.29, 0.717) is 0 Å². The van der Waals surface area contributed by atoms with Crippen LogP contribution in [0.2, 0.25) is 0 Å². The Kier molecular flexibility index (Phi) is 4.24. The number of aliphatic hydroxyl groups is 1. The van der Waals surface area contributed by atoms with Crippen molar-refractivity contribution in [2.45, 2.75) is 29.5 Å². The number of carboxylic acid groups (broad SMARTS) is 1. The number of aliphatic hydroxyl groups excluding tert-OH is 1. The Morgan fingerprint density at radius 1 is 1.47 bits per heavy atom. The molecule has 0 unspecified atom stereocenters. The predicted octanol–water partition coefficient (Wildman–Crippen LogP) is 0.982. The van der Waals surface area contributed by atoms with Gasteiger partial charge in [0.05, 0.1) is 12.2 Å². The lowest BCUT2D eigenvalue weighted by Crippen LogP contribution is -2.45. The highest BCUT2D eigenvalue weighted by Crippen LogP contribution is 2.32. The molecule has 1 aromatic rings. The highest BCUT2D eigenvalue weighted by Gasteiger charge is 2.35. The minimum absolute atomic E-state index is 0.0188. The van der Waals surface area contributed by atoms with Crippen molar-refractivity contribution in [3.05, 3.63) is 17.0 Å². The minimum Gasteiger partial charge on any atom is -0.478 e. The number of thiophene rings is 1. The molecular weight excluding hydrogens is 290 g/mol. The fourth-order valence-corrected chi connectivity index (χ4v) is 4.91. The zero-order chi connectivity index (χ0) is 14.0. The molecule has 0 radical (unpaired) electrons. The molecule has 1 fully saturated rings. The van der Waals surface area contributed by atoms with Gasteiger partial charge >= 0.3 is 5.97 Å². The molecule has 0 saturated heterocycles. The molecule has 1 saturated carbocycles. The number of hydrogen-bond acceptors (Lipinski definition) is 5. The van der Waals surface area contributed by atoms with Crippen LogP contribution in [0.25, 0.3) is 0 Å². The maximum atomic E-state index is 12.4. The van der Waals surface area contributed by atoms with Gasteiger partial charge < -0.3 is 10.2 Å². The Morgan fingerprint density at radius 2 is 2.16 bits per heavy atom. The Bertz CT molecular complexity index is 561. The van der Waals surface area contributed by atoms with Crippen LogP contribution in [-0.4, -0.2) is 48.1 Å². The maximum Gasteiger partial charge on any atom is 0.336 e. The molecule has 0 amide bonds. The SMILES string of the molecule is O=C(O)c1csc(S(=O)(=O)N(CCO)C2CCC2)c1. The van der Waals surface area contributed by atoms with E-state index in [1.165, 1.54) is 15.8 Å². The van der Waals surface area contributed by atoms with Gasteiger partial charge in [-0.1, -0.05) is 6.42 Å². The van der Waals surface area contributed by atoms with Gasteiger partial charge in [0.25, 0.3) is 10.0 Å². The number of aromatic carboxylic acids is 1. The maximum absolute atomic E-state index is 12.4. The second-order valence-corrected chi connectivity index (χ2v) is 7.41. The first-order valence-electron chi connectivity index (χ1n) is 5.91. The summed E-state index contributed by atoms with van der Waals surface area (Å²) in [6.07, 6.45) is 2.56. The van der Waals surface area contributed by atoms with Crippen LogP contribution in [0.1, 0.15) is 29.6 Å². The summed E-state index contributed by atoms with van der Waals surface area (Å²) in [6.45, 7) is -0.194. The molecule has 8 heteroatoms. The molecule has 19 heavy (non-hydrogen) atoms. The van der Waals surface area contributed by atoms with Crippen LogP contribution in [-0.2, 0) is 10.0 Å². The third-order valence-electron chi connectivity index (χ3n) is 3.19. The van der Waals surface area contributed by atoms with E-state index in [9.17, 15) is 13.2 Å². The number of sulfonamides is 1. The van der Waals surface area contributed by atoms with Gasteiger partial charge in [-0.2, -0.15) is 4.31 Å². The van der Waals surface area contributed by atoms with Crippen LogP contribution in [0.15, 0.2) is 15.7 Å². The molecule has 0 bridgehead atoms. The van der Waals surface area contributed by atoms with Crippen LogP contribution in [0.5, 0.6) is 0 Å². The van der Waals surface area contributed by atoms with E-state index in [4.69, 9.17) is 10.2 Å². The van der Waals surface area contributed by atoms with E-state index in [2.05, 4.69) is 0 Å². The molecule has 1 aliphatic rings. The monoisotopic (exact) mass is 305 g/mol. The molecule has 106 valence electrons. The van der Waals surface area contributed by atoms with Crippen molar-refractivity contribution in [1.29, 1.82) is 0 Å². The third-order valence-corrected chi connectivity index (χ3v) is 6.55. The van der Waals surface area contributed by atoms with Crippen molar-refractivity contribution in [3.63, 3.8) is 0 Å². The normalized spacial score (nSPS) is 16.5. The van der Waals surface area contributed by atoms with Crippen LogP contribution < -0.4 is 0 Å². The second-order valence-electron chi connectivity index (χ2n) is 4.38. The molecule has 0 aromatic carbocycles. The average molecular weight is 305 g/mol. The highest BCUT2D eigenvalue weighted by atomic mass is 32.2. The molecule has 1 aliphatic carbocycles. The van der Waals surface area contributed by atoms with Gasteiger partial charge in [0.15, 0.2) is 0 Å². The molecule has 0 aliphatic heterocycles. The fraction of sp³-hybridized carbons (Fsp3) is 0.545. The molecule has 2 rings (SSSR count). The lowest BCUT2D eigenvalue weighted by molar-refractivity contribution is 0.0697. The zero-order valence-corrected chi connectivity index (χ0v) is 11.8. The van der Waals surface area contributed by atoms with Crippen molar-refractivity contribution >= 4 is 27.3 Å². The summed E-state index contributed by atoms with van der Waals surface area (Å²) >= 11 is 0.899. The quantitative estimate of drug-likeness (QED) is 0.817. The molecule has 0 atom stereocenters. The van der Waals surface area contributed by atoms with E-state index in [0.717, 1.165) is 30.6 Å². The van der Waals surface area contributed by atoms with E-state index in [1.807, 2.05) is 0 Å². The second kappa shape index (κ2) is 5.58. The number of rotatable bonds is 6. The lowest BCUT2D eigenvalue weighted by Gasteiger charge is -2.35. The van der Waals surface area contributed by atoms with Crippen LogP contribution in [0.4, 0.5) is 0 Å². The highest BCUT2D eigenvalue weighted by molar-refractivity contribution is 7.91. The minimum atomic E-state index is -3.71. The van der Waals surface area contributed by atoms with Crippen molar-refractivity contribution in [1.82, 2.24) is 4.31 Å². The summed E-state index contributed by atoms with van der Waals surface area (Å²) in [6, 6.07) is 1.10. The predicted molar refractivity (Wildman–Crippen MR) is 69.9 cm³/mol. The van der Waals surface area contributed by atoms with E-state index in [1.54, 1.807) is 0 Å². The topological polar surface area (TPSA) is 94.9 Å². The first-order chi connectivity index (χ1) is 8.96. The van der Waals surface area contributed by atoms with Crippen molar-refractivity contribution in [2.24, 2.45) is 0 Å². The Hall–Kier alpha value is -0.960. The van der Waals surface area contributed by atoms with Crippen LogP contribution in [0, 0.1) is 0 Å². The van der Waals surface area contributed by atoms with Gasteiger partial charge in [-0.3, -0.25) is 0 Å². The number of nitrogens with zero attached hydrogens (tertiary/aromatic N) is 1. The van der Waals surface area contributed by atoms with E-state index >= 15 is 0 Å². The van der Waals surface area contributed by atoms with Gasteiger partial charge in [0, 0.05) is 18.0 Å². The number of carboxylic acids is 1. The fourth-order valence-electron chi connectivity index (χ4n) is 1.95. The first-order valence-corrected chi connectivity index (χ1v) is 8.23. The van der Waals surface area contributed by atoms with E-state index in [-0.39, 0.29) is 29.0 Å². The van der Waals surface area contributed by atoms with Gasteiger partial charge in [-0.25, -0.2) is 13.2 Å². The van der Waals surface area contributed by atoms with Crippen LogP contribution in [0.3, 0.4) is 0 Å². The Labute approximate surface area is 115 Å². The van der Waals surface area contributed by atoms with Crippen molar-refractivity contribution < 1.29 is 23.4 Å². The molecule has 6 nitrogen and oxygen atoms in total. The summed E-state index contributed by atoms with van der Waals surface area (Å²) in [4.78, 5) is 10.8. The van der Waals surface area contributed by atoms with Crippen molar-refractivity contribution in [3.8, 4) is 0 Å².